The first-order valence-electron chi connectivity index (χ1n) is 7.92. The molecule has 0 unspecified atom stereocenters. The third-order valence-corrected chi connectivity index (χ3v) is 4.13. The van der Waals surface area contributed by atoms with Crippen molar-refractivity contribution >= 4 is 34.3 Å². The molecule has 7 heteroatoms. The number of anilines is 1. The molecule has 0 aliphatic rings. The van der Waals surface area contributed by atoms with E-state index in [9.17, 15) is 13.6 Å². The number of oxazole rings is 1. The largest absolute Gasteiger partial charge is 0.436 e. The molecule has 0 spiro atoms. The van der Waals surface area contributed by atoms with E-state index in [1.54, 1.807) is 36.4 Å². The summed E-state index contributed by atoms with van der Waals surface area (Å²) in [5.74, 6) is -2.26. The molecular weight excluding hydrogens is 374 g/mol. The Hall–Kier alpha value is -3.25. The van der Waals surface area contributed by atoms with Crippen LogP contribution in [0, 0.1) is 11.6 Å². The highest BCUT2D eigenvalue weighted by molar-refractivity contribution is 6.30. The Kier molecular flexibility index (Phi) is 4.33. The molecule has 1 aromatic heterocycles. The Labute approximate surface area is 157 Å². The fourth-order valence-electron chi connectivity index (χ4n) is 2.59. The zero-order valence-corrected chi connectivity index (χ0v) is 14.4. The van der Waals surface area contributed by atoms with Crippen molar-refractivity contribution in [3.63, 3.8) is 0 Å². The van der Waals surface area contributed by atoms with Gasteiger partial charge in [0.15, 0.2) is 17.2 Å². The third kappa shape index (κ3) is 3.52. The molecule has 0 fully saturated rings. The first-order chi connectivity index (χ1) is 13.0. The van der Waals surface area contributed by atoms with Gasteiger partial charge < -0.3 is 9.73 Å². The van der Waals surface area contributed by atoms with Gasteiger partial charge in [-0.05, 0) is 48.5 Å². The van der Waals surface area contributed by atoms with E-state index in [0.717, 1.165) is 17.7 Å². The lowest BCUT2D eigenvalue weighted by atomic mass is 10.2. The van der Waals surface area contributed by atoms with E-state index in [1.807, 2.05) is 6.07 Å². The topological polar surface area (TPSA) is 55.1 Å². The number of aromatic nitrogens is 1. The summed E-state index contributed by atoms with van der Waals surface area (Å²) in [6.07, 6.45) is 0. The fraction of sp³-hybridized carbons (Fsp3) is 0. The van der Waals surface area contributed by atoms with Gasteiger partial charge in [-0.25, -0.2) is 13.8 Å². The van der Waals surface area contributed by atoms with Crippen molar-refractivity contribution in [2.75, 3.05) is 5.32 Å². The Bertz CT molecular complexity index is 1170. The minimum atomic E-state index is -1.08. The van der Waals surface area contributed by atoms with Crippen LogP contribution in [0.15, 0.2) is 65.1 Å². The normalized spacial score (nSPS) is 10.9. The van der Waals surface area contributed by atoms with E-state index in [-0.39, 0.29) is 5.56 Å². The van der Waals surface area contributed by atoms with Gasteiger partial charge in [0.05, 0.1) is 0 Å². The molecule has 0 aliphatic heterocycles. The molecule has 3 aromatic carbocycles. The Morgan fingerprint density at radius 3 is 2.63 bits per heavy atom. The van der Waals surface area contributed by atoms with Gasteiger partial charge in [-0.3, -0.25) is 4.79 Å². The molecule has 1 N–H and O–H groups in total. The van der Waals surface area contributed by atoms with E-state index < -0.39 is 17.5 Å². The van der Waals surface area contributed by atoms with E-state index in [2.05, 4.69) is 10.3 Å². The van der Waals surface area contributed by atoms with Gasteiger partial charge in [0.25, 0.3) is 5.91 Å². The van der Waals surface area contributed by atoms with Crippen LogP contribution in [0.2, 0.25) is 5.02 Å². The summed E-state index contributed by atoms with van der Waals surface area (Å²) < 4.78 is 32.0. The van der Waals surface area contributed by atoms with E-state index in [0.29, 0.717) is 27.7 Å². The Morgan fingerprint density at radius 1 is 1.00 bits per heavy atom. The Morgan fingerprint density at radius 2 is 1.85 bits per heavy atom. The van der Waals surface area contributed by atoms with Gasteiger partial charge in [0, 0.05) is 27.9 Å². The average molecular weight is 385 g/mol. The van der Waals surface area contributed by atoms with Crippen LogP contribution in [0.25, 0.3) is 22.6 Å². The number of amides is 1. The molecule has 1 heterocycles. The minimum absolute atomic E-state index is 0.00573. The second-order valence-electron chi connectivity index (χ2n) is 5.79. The first-order valence-corrected chi connectivity index (χ1v) is 8.30. The van der Waals surface area contributed by atoms with Crippen LogP contribution < -0.4 is 5.32 Å². The number of carbonyl (C=O) groups excluding carboxylic acids is 1. The summed E-state index contributed by atoms with van der Waals surface area (Å²) in [6, 6.07) is 15.0. The molecule has 0 radical (unpaired) electrons. The summed E-state index contributed by atoms with van der Waals surface area (Å²) in [7, 11) is 0. The van der Waals surface area contributed by atoms with Gasteiger partial charge in [0.1, 0.15) is 5.52 Å². The van der Waals surface area contributed by atoms with Gasteiger partial charge in [-0.15, -0.1) is 0 Å². The maximum absolute atomic E-state index is 13.3. The molecule has 4 aromatic rings. The molecule has 27 heavy (non-hydrogen) atoms. The molecule has 0 saturated carbocycles. The molecule has 134 valence electrons. The molecule has 0 bridgehead atoms. The van der Waals surface area contributed by atoms with Crippen molar-refractivity contribution in [3.8, 4) is 11.5 Å². The lowest BCUT2D eigenvalue weighted by molar-refractivity contribution is 0.102. The van der Waals surface area contributed by atoms with Gasteiger partial charge in [-0.2, -0.15) is 0 Å². The number of benzene rings is 3. The molecule has 0 atom stereocenters. The number of halogens is 3. The SMILES string of the molecule is O=C(Nc1ccc2nc(-c3cccc(Cl)c3)oc2c1)c1ccc(F)c(F)c1. The van der Waals surface area contributed by atoms with Crippen LogP contribution in [0.3, 0.4) is 0 Å². The summed E-state index contributed by atoms with van der Waals surface area (Å²) in [5, 5.41) is 3.18. The van der Waals surface area contributed by atoms with E-state index in [1.165, 1.54) is 6.07 Å². The highest BCUT2D eigenvalue weighted by Gasteiger charge is 2.13. The monoisotopic (exact) mass is 384 g/mol. The molecule has 0 aliphatic carbocycles. The summed E-state index contributed by atoms with van der Waals surface area (Å²) in [4.78, 5) is 16.6. The van der Waals surface area contributed by atoms with Crippen LogP contribution in [0.5, 0.6) is 0 Å². The number of fused-ring (bicyclic) bond motifs is 1. The highest BCUT2D eigenvalue weighted by Crippen LogP contribution is 2.28. The number of nitrogens with zero attached hydrogens (tertiary/aromatic N) is 1. The number of carbonyl (C=O) groups is 1. The van der Waals surface area contributed by atoms with E-state index in [4.69, 9.17) is 16.0 Å². The number of hydrogen-bond donors (Lipinski definition) is 1. The molecule has 1 amide bonds. The number of nitrogens with one attached hydrogen (secondary N) is 1. The number of rotatable bonds is 3. The fourth-order valence-corrected chi connectivity index (χ4v) is 2.78. The summed E-state index contributed by atoms with van der Waals surface area (Å²) in [5.41, 5.74) is 2.24. The van der Waals surface area contributed by atoms with Gasteiger partial charge >= 0.3 is 0 Å². The maximum Gasteiger partial charge on any atom is 0.255 e. The van der Waals surface area contributed by atoms with Crippen molar-refractivity contribution < 1.29 is 18.0 Å². The van der Waals surface area contributed by atoms with Gasteiger partial charge in [-0.1, -0.05) is 17.7 Å². The second kappa shape index (κ2) is 6.81. The molecular formula is C20H11ClF2N2O2. The Balaban J connectivity index is 1.61. The van der Waals surface area contributed by atoms with Crippen molar-refractivity contribution in [2.45, 2.75) is 0 Å². The first kappa shape index (κ1) is 17.2. The zero-order valence-electron chi connectivity index (χ0n) is 13.7. The predicted molar refractivity (Wildman–Crippen MR) is 98.8 cm³/mol. The van der Waals surface area contributed by atoms with Crippen LogP contribution in [-0.4, -0.2) is 10.9 Å². The predicted octanol–water partition coefficient (Wildman–Crippen LogP) is 5.68. The van der Waals surface area contributed by atoms with Crippen LogP contribution in [0.4, 0.5) is 14.5 Å². The standard InChI is InChI=1S/C20H11ClF2N2O2/c21-13-3-1-2-12(8-13)20-25-17-7-5-14(10-18(17)27-20)24-19(26)11-4-6-15(22)16(23)9-11/h1-10H,(H,24,26). The molecule has 4 rings (SSSR count). The maximum atomic E-state index is 13.3. The van der Waals surface area contributed by atoms with E-state index >= 15 is 0 Å². The summed E-state index contributed by atoms with van der Waals surface area (Å²) >= 11 is 5.99. The number of hydrogen-bond acceptors (Lipinski definition) is 3. The molecule has 0 saturated heterocycles. The third-order valence-electron chi connectivity index (χ3n) is 3.90. The minimum Gasteiger partial charge on any atom is -0.436 e. The lowest BCUT2D eigenvalue weighted by Gasteiger charge is -2.05. The molecule has 4 nitrogen and oxygen atoms in total. The lowest BCUT2D eigenvalue weighted by Crippen LogP contribution is -2.12. The van der Waals surface area contributed by atoms with Crippen LogP contribution in [0.1, 0.15) is 10.4 Å². The second-order valence-corrected chi connectivity index (χ2v) is 6.23. The van der Waals surface area contributed by atoms with Crippen molar-refractivity contribution in [1.29, 1.82) is 0 Å². The highest BCUT2D eigenvalue weighted by atomic mass is 35.5. The van der Waals surface area contributed by atoms with Crippen molar-refractivity contribution in [1.82, 2.24) is 4.98 Å². The summed E-state index contributed by atoms with van der Waals surface area (Å²) in [6.45, 7) is 0. The van der Waals surface area contributed by atoms with Crippen molar-refractivity contribution in [3.05, 3.63) is 82.9 Å². The van der Waals surface area contributed by atoms with Gasteiger partial charge in [0.2, 0.25) is 5.89 Å². The van der Waals surface area contributed by atoms with Crippen molar-refractivity contribution in [2.24, 2.45) is 0 Å². The average Bonchev–Trinajstić information content (AvgIpc) is 3.07. The quantitative estimate of drug-likeness (QED) is 0.494. The van der Waals surface area contributed by atoms with Crippen LogP contribution >= 0.6 is 11.6 Å². The van der Waals surface area contributed by atoms with Crippen LogP contribution in [-0.2, 0) is 0 Å². The smallest absolute Gasteiger partial charge is 0.255 e. The zero-order chi connectivity index (χ0) is 19.0.